The van der Waals surface area contributed by atoms with Crippen molar-refractivity contribution in [1.29, 1.82) is 0 Å². The lowest BCUT2D eigenvalue weighted by Crippen LogP contribution is -2.09. The molecule has 32 heavy (non-hydrogen) atoms. The summed E-state index contributed by atoms with van der Waals surface area (Å²) in [6.45, 7) is 3.70. The van der Waals surface area contributed by atoms with Gasteiger partial charge >= 0.3 is 5.97 Å². The quantitative estimate of drug-likeness (QED) is 0.330. The number of rotatable bonds is 5. The van der Waals surface area contributed by atoms with Crippen LogP contribution in [0.3, 0.4) is 0 Å². The zero-order chi connectivity index (χ0) is 22.1. The molecule has 5 rings (SSSR count). The van der Waals surface area contributed by atoms with E-state index in [1.54, 1.807) is 25.1 Å². The maximum Gasteiger partial charge on any atom is 0.338 e. The van der Waals surface area contributed by atoms with Gasteiger partial charge in [-0.1, -0.05) is 53.2 Å². The topological polar surface area (TPSA) is 91.2 Å². The first-order valence-corrected chi connectivity index (χ1v) is 10.1. The number of aromatic nitrogens is 3. The fourth-order valence-electron chi connectivity index (χ4n) is 3.36. The van der Waals surface area contributed by atoms with Gasteiger partial charge in [0, 0.05) is 11.1 Å². The lowest BCUT2D eigenvalue weighted by Gasteiger charge is -2.09. The minimum Gasteiger partial charge on any atom is -0.449 e. The lowest BCUT2D eigenvalue weighted by molar-refractivity contribution is 0.0280. The molecule has 0 saturated heterocycles. The summed E-state index contributed by atoms with van der Waals surface area (Å²) < 4.78 is 16.8. The first-order chi connectivity index (χ1) is 15.6. The van der Waals surface area contributed by atoms with Gasteiger partial charge in [-0.05, 0) is 44.2 Å². The maximum absolute atomic E-state index is 12.8. The van der Waals surface area contributed by atoms with Crippen molar-refractivity contribution in [3.05, 3.63) is 89.8 Å². The van der Waals surface area contributed by atoms with Gasteiger partial charge in [0.25, 0.3) is 5.89 Å². The predicted molar refractivity (Wildman–Crippen MR) is 118 cm³/mol. The van der Waals surface area contributed by atoms with Gasteiger partial charge in [-0.2, -0.15) is 0 Å². The summed E-state index contributed by atoms with van der Waals surface area (Å²) in [5.74, 6) is 0.698. The van der Waals surface area contributed by atoms with Crippen LogP contribution < -0.4 is 0 Å². The van der Waals surface area contributed by atoms with Crippen LogP contribution in [-0.4, -0.2) is 21.3 Å². The molecular weight excluding hydrogens is 406 g/mol. The van der Waals surface area contributed by atoms with Crippen LogP contribution in [0.2, 0.25) is 0 Å². The summed E-state index contributed by atoms with van der Waals surface area (Å²) in [5.41, 5.74) is 3.86. The van der Waals surface area contributed by atoms with Crippen molar-refractivity contribution in [2.24, 2.45) is 0 Å². The zero-order valence-corrected chi connectivity index (χ0v) is 17.5. The minimum absolute atomic E-state index is 0.227. The highest BCUT2D eigenvalue weighted by molar-refractivity contribution is 5.98. The van der Waals surface area contributed by atoms with Crippen molar-refractivity contribution in [2.45, 2.75) is 20.0 Å². The average molecular weight is 425 g/mol. The monoisotopic (exact) mass is 425 g/mol. The molecule has 0 saturated carbocycles. The van der Waals surface area contributed by atoms with Crippen LogP contribution in [0.25, 0.3) is 33.7 Å². The van der Waals surface area contributed by atoms with Gasteiger partial charge in [0.05, 0.1) is 10.9 Å². The summed E-state index contributed by atoms with van der Waals surface area (Å²) in [4.78, 5) is 12.8. The number of esters is 1. The molecule has 0 spiro atoms. The normalized spacial score (nSPS) is 12.1. The van der Waals surface area contributed by atoms with Crippen molar-refractivity contribution in [2.75, 3.05) is 0 Å². The van der Waals surface area contributed by atoms with Crippen LogP contribution in [0, 0.1) is 6.92 Å². The Labute approximate surface area is 183 Å². The van der Waals surface area contributed by atoms with Gasteiger partial charge in [0.1, 0.15) is 5.52 Å². The van der Waals surface area contributed by atoms with E-state index in [0.717, 1.165) is 22.1 Å². The molecule has 0 N–H and O–H groups in total. The smallest absolute Gasteiger partial charge is 0.338 e. The third-order valence-electron chi connectivity index (χ3n) is 5.12. The Morgan fingerprint density at radius 2 is 1.72 bits per heavy atom. The number of ether oxygens (including phenoxy) is 1. The second-order valence-corrected chi connectivity index (χ2v) is 7.47. The summed E-state index contributed by atoms with van der Waals surface area (Å²) in [7, 11) is 0. The zero-order valence-electron chi connectivity index (χ0n) is 17.5. The first kappa shape index (κ1) is 19.7. The molecule has 0 aliphatic heterocycles. The van der Waals surface area contributed by atoms with Crippen molar-refractivity contribution in [1.82, 2.24) is 15.4 Å². The van der Waals surface area contributed by atoms with E-state index in [0.29, 0.717) is 22.7 Å². The Hall–Kier alpha value is -4.26. The largest absolute Gasteiger partial charge is 0.449 e. The Balaban J connectivity index is 1.36. The number of carbonyl (C=O) groups excluding carboxylic acids is 1. The van der Waals surface area contributed by atoms with E-state index in [4.69, 9.17) is 13.7 Å². The lowest BCUT2D eigenvalue weighted by atomic mass is 10.1. The summed E-state index contributed by atoms with van der Waals surface area (Å²) in [6, 6.07) is 22.4. The third-order valence-corrected chi connectivity index (χ3v) is 5.12. The van der Waals surface area contributed by atoms with Crippen molar-refractivity contribution >= 4 is 16.9 Å². The molecule has 0 aliphatic rings. The Bertz CT molecular complexity index is 1390. The Morgan fingerprint density at radius 3 is 2.50 bits per heavy atom. The average Bonchev–Trinajstić information content (AvgIpc) is 3.47. The maximum atomic E-state index is 12.8. The van der Waals surface area contributed by atoms with Gasteiger partial charge < -0.3 is 13.7 Å². The highest BCUT2D eigenvalue weighted by atomic mass is 16.6. The molecule has 158 valence electrons. The molecule has 1 atom stereocenters. The van der Waals surface area contributed by atoms with E-state index in [-0.39, 0.29) is 5.89 Å². The van der Waals surface area contributed by atoms with Crippen LogP contribution >= 0.6 is 0 Å². The van der Waals surface area contributed by atoms with E-state index in [1.165, 1.54) is 0 Å². The van der Waals surface area contributed by atoms with Crippen LogP contribution in [0.4, 0.5) is 0 Å². The molecule has 0 aliphatic carbocycles. The van der Waals surface area contributed by atoms with E-state index < -0.39 is 12.1 Å². The van der Waals surface area contributed by atoms with Crippen LogP contribution in [-0.2, 0) is 4.74 Å². The van der Waals surface area contributed by atoms with E-state index in [1.807, 2.05) is 61.5 Å². The number of hydrogen-bond donors (Lipinski definition) is 0. The number of carbonyl (C=O) groups is 1. The number of benzene rings is 3. The van der Waals surface area contributed by atoms with Crippen LogP contribution in [0.1, 0.15) is 34.8 Å². The Morgan fingerprint density at radius 1 is 0.938 bits per heavy atom. The third kappa shape index (κ3) is 3.76. The number of aryl methyl sites for hydroxylation is 1. The van der Waals surface area contributed by atoms with Gasteiger partial charge in [-0.15, -0.1) is 10.2 Å². The van der Waals surface area contributed by atoms with Gasteiger partial charge in [-0.3, -0.25) is 0 Å². The molecular formula is C25H19N3O4. The standard InChI is InChI=1S/C25H19N3O4/c1-15-8-10-18(11-9-15)24-27-26-23(31-24)16(2)30-25(29)19-12-13-21-20(14-19)22(32-28-21)17-6-4-3-5-7-17/h3-14,16H,1-2H3. The molecule has 3 aromatic carbocycles. The second-order valence-electron chi connectivity index (χ2n) is 7.47. The minimum atomic E-state index is -0.707. The summed E-state index contributed by atoms with van der Waals surface area (Å²) >= 11 is 0. The van der Waals surface area contributed by atoms with E-state index >= 15 is 0 Å². The highest BCUT2D eigenvalue weighted by Crippen LogP contribution is 2.30. The molecule has 0 fully saturated rings. The fraction of sp³-hybridized carbons (Fsp3) is 0.120. The van der Waals surface area contributed by atoms with Gasteiger partial charge in [-0.25, -0.2) is 4.79 Å². The van der Waals surface area contributed by atoms with Gasteiger partial charge in [0.2, 0.25) is 5.89 Å². The molecule has 0 amide bonds. The first-order valence-electron chi connectivity index (χ1n) is 10.1. The van der Waals surface area contributed by atoms with Crippen molar-refractivity contribution in [3.63, 3.8) is 0 Å². The van der Waals surface area contributed by atoms with Crippen LogP contribution in [0.15, 0.2) is 81.7 Å². The second kappa shape index (κ2) is 8.11. The molecule has 7 nitrogen and oxygen atoms in total. The van der Waals surface area contributed by atoms with Crippen LogP contribution in [0.5, 0.6) is 0 Å². The molecule has 7 heteroatoms. The number of nitrogens with zero attached hydrogens (tertiary/aromatic N) is 3. The summed E-state index contributed by atoms with van der Waals surface area (Å²) in [6.07, 6.45) is -0.707. The molecule has 0 radical (unpaired) electrons. The molecule has 1 unspecified atom stereocenters. The molecule has 5 aromatic rings. The Kier molecular flexibility index (Phi) is 4.99. The molecule has 2 heterocycles. The molecule has 2 aromatic heterocycles. The van der Waals surface area contributed by atoms with E-state index in [2.05, 4.69) is 15.4 Å². The SMILES string of the molecule is Cc1ccc(-c2nnc(C(C)OC(=O)c3ccc4noc(-c5ccccc5)c4c3)o2)cc1. The molecule has 0 bridgehead atoms. The van der Waals surface area contributed by atoms with E-state index in [9.17, 15) is 4.79 Å². The highest BCUT2D eigenvalue weighted by Gasteiger charge is 2.21. The summed E-state index contributed by atoms with van der Waals surface area (Å²) in [5, 5.41) is 12.9. The predicted octanol–water partition coefficient (Wildman–Crippen LogP) is 5.77. The number of fused-ring (bicyclic) bond motifs is 1. The fourth-order valence-corrected chi connectivity index (χ4v) is 3.36. The number of hydrogen-bond acceptors (Lipinski definition) is 7. The van der Waals surface area contributed by atoms with Crippen molar-refractivity contribution < 1.29 is 18.5 Å². The van der Waals surface area contributed by atoms with Gasteiger partial charge in [0.15, 0.2) is 11.9 Å². The van der Waals surface area contributed by atoms with Crippen molar-refractivity contribution in [3.8, 4) is 22.8 Å².